The normalized spacial score (nSPS) is 17.7. The molecule has 1 unspecified atom stereocenters. The van der Waals surface area contributed by atoms with E-state index in [9.17, 15) is 19.8 Å². The van der Waals surface area contributed by atoms with Gasteiger partial charge in [0.15, 0.2) is 12.1 Å². The van der Waals surface area contributed by atoms with E-state index in [2.05, 4.69) is 13.8 Å². The van der Waals surface area contributed by atoms with Gasteiger partial charge in [-0.05, 0) is 37.2 Å². The topological polar surface area (TPSA) is 83.8 Å². The molecule has 2 aromatic carbocycles. The molecule has 0 aliphatic heterocycles. The second-order valence-corrected chi connectivity index (χ2v) is 8.40. The lowest BCUT2D eigenvalue weighted by Gasteiger charge is -2.37. The van der Waals surface area contributed by atoms with Crippen molar-refractivity contribution in [3.63, 3.8) is 0 Å². The van der Waals surface area contributed by atoms with E-state index >= 15 is 0 Å². The summed E-state index contributed by atoms with van der Waals surface area (Å²) < 4.78 is 5.18. The molecule has 0 saturated heterocycles. The van der Waals surface area contributed by atoms with Crippen LogP contribution in [0.2, 0.25) is 0 Å². The molecule has 28 heavy (non-hydrogen) atoms. The largest absolute Gasteiger partial charge is 0.507 e. The molecule has 0 bridgehead atoms. The Morgan fingerprint density at radius 1 is 1.25 bits per heavy atom. The number of carbonyl (C=O) groups is 2. The number of aldehydes is 1. The summed E-state index contributed by atoms with van der Waals surface area (Å²) >= 11 is 0. The minimum absolute atomic E-state index is 0.0394. The van der Waals surface area contributed by atoms with Gasteiger partial charge in [-0.2, -0.15) is 0 Å². The van der Waals surface area contributed by atoms with Crippen molar-refractivity contribution in [2.45, 2.75) is 46.5 Å². The van der Waals surface area contributed by atoms with E-state index in [0.717, 1.165) is 6.42 Å². The molecule has 148 valence electrons. The first kappa shape index (κ1) is 19.9. The fourth-order valence-corrected chi connectivity index (χ4v) is 4.56. The van der Waals surface area contributed by atoms with Gasteiger partial charge in [0.2, 0.25) is 0 Å². The zero-order valence-electron chi connectivity index (χ0n) is 16.9. The first-order valence-corrected chi connectivity index (χ1v) is 9.37. The number of phenolic OH excluding ortho intramolecular Hbond substituents is 2. The molecule has 5 nitrogen and oxygen atoms in total. The predicted molar refractivity (Wildman–Crippen MR) is 107 cm³/mol. The number of methoxy groups -OCH3 is 1. The number of aromatic hydroxyl groups is 2. The monoisotopic (exact) mass is 382 g/mol. The molecule has 0 saturated carbocycles. The number of ether oxygens (including phenoxy) is 1. The van der Waals surface area contributed by atoms with Crippen molar-refractivity contribution in [2.24, 2.45) is 5.41 Å². The molecule has 2 aromatic rings. The van der Waals surface area contributed by atoms with Gasteiger partial charge in [-0.15, -0.1) is 0 Å². The minimum Gasteiger partial charge on any atom is -0.507 e. The first-order chi connectivity index (χ1) is 13.1. The number of ketones is 1. The Morgan fingerprint density at radius 3 is 2.54 bits per heavy atom. The highest BCUT2D eigenvalue weighted by molar-refractivity contribution is 6.16. The maximum Gasteiger partial charge on any atom is 0.198 e. The molecule has 0 heterocycles. The molecule has 0 amide bonds. The fourth-order valence-electron chi connectivity index (χ4n) is 4.56. The number of hydrogen-bond acceptors (Lipinski definition) is 5. The van der Waals surface area contributed by atoms with Crippen LogP contribution in [0.5, 0.6) is 17.2 Å². The summed E-state index contributed by atoms with van der Waals surface area (Å²) in [5.74, 6) is -0.209. The van der Waals surface area contributed by atoms with Crippen LogP contribution in [0.25, 0.3) is 0 Å². The number of carbonyl (C=O) groups excluding carboxylic acids is 2. The highest BCUT2D eigenvalue weighted by Crippen LogP contribution is 2.51. The van der Waals surface area contributed by atoms with Crippen LogP contribution in [0.3, 0.4) is 0 Å². The van der Waals surface area contributed by atoms with E-state index < -0.39 is 5.78 Å². The SMILES string of the molecule is COc1cccc(C(=O)c2c(C)c(O)c3c(c2O)CC(C)(C)CC3C)c1C=O. The third-order valence-electron chi connectivity index (χ3n) is 5.72. The maximum atomic E-state index is 13.3. The molecular weight excluding hydrogens is 356 g/mol. The lowest BCUT2D eigenvalue weighted by molar-refractivity contribution is 0.102. The summed E-state index contributed by atoms with van der Waals surface area (Å²) in [4.78, 5) is 24.9. The van der Waals surface area contributed by atoms with Crippen molar-refractivity contribution in [3.05, 3.63) is 51.6 Å². The summed E-state index contributed by atoms with van der Waals surface area (Å²) in [5, 5.41) is 21.9. The van der Waals surface area contributed by atoms with Gasteiger partial charge in [0.1, 0.15) is 17.2 Å². The number of benzene rings is 2. The maximum absolute atomic E-state index is 13.3. The molecule has 3 rings (SSSR count). The van der Waals surface area contributed by atoms with Gasteiger partial charge in [0.25, 0.3) is 0 Å². The second-order valence-electron chi connectivity index (χ2n) is 8.40. The zero-order valence-corrected chi connectivity index (χ0v) is 16.9. The molecule has 0 fully saturated rings. The number of phenols is 2. The molecular formula is C23H26O5. The highest BCUT2D eigenvalue weighted by atomic mass is 16.5. The molecule has 1 aliphatic carbocycles. The number of hydrogen-bond donors (Lipinski definition) is 2. The smallest absolute Gasteiger partial charge is 0.198 e. The quantitative estimate of drug-likeness (QED) is 0.461. The fraction of sp³-hybridized carbons (Fsp3) is 0.391. The van der Waals surface area contributed by atoms with Gasteiger partial charge in [0, 0.05) is 22.3 Å². The van der Waals surface area contributed by atoms with Crippen molar-refractivity contribution >= 4 is 12.1 Å². The summed E-state index contributed by atoms with van der Waals surface area (Å²) in [7, 11) is 1.42. The van der Waals surface area contributed by atoms with Crippen LogP contribution in [0, 0.1) is 12.3 Å². The number of rotatable bonds is 4. The standard InChI is InChI=1S/C23H26O5/c1-12-9-23(3,4)10-15-18(12)20(25)13(2)19(22(15)27)21(26)14-7-6-8-17(28-5)16(14)11-24/h6-8,11-12,25,27H,9-10H2,1-5H3. The summed E-state index contributed by atoms with van der Waals surface area (Å²) in [6, 6.07) is 4.74. The van der Waals surface area contributed by atoms with E-state index in [1.807, 2.05) is 6.92 Å². The minimum atomic E-state index is -0.509. The van der Waals surface area contributed by atoms with Crippen LogP contribution in [-0.2, 0) is 6.42 Å². The van der Waals surface area contributed by atoms with Crippen molar-refractivity contribution in [1.82, 2.24) is 0 Å². The summed E-state index contributed by atoms with van der Waals surface area (Å²) in [5.41, 5.74) is 1.90. The van der Waals surface area contributed by atoms with Crippen LogP contribution in [0.1, 0.15) is 76.1 Å². The Hall–Kier alpha value is -2.82. The Labute approximate surface area is 165 Å². The van der Waals surface area contributed by atoms with Crippen molar-refractivity contribution in [2.75, 3.05) is 7.11 Å². The van der Waals surface area contributed by atoms with Gasteiger partial charge in [0.05, 0.1) is 18.2 Å². The van der Waals surface area contributed by atoms with Crippen LogP contribution in [-0.4, -0.2) is 29.4 Å². The number of fused-ring (bicyclic) bond motifs is 1. The molecule has 0 aromatic heterocycles. The molecule has 5 heteroatoms. The van der Waals surface area contributed by atoms with Gasteiger partial charge >= 0.3 is 0 Å². The van der Waals surface area contributed by atoms with Gasteiger partial charge in [-0.3, -0.25) is 9.59 Å². The van der Waals surface area contributed by atoms with Crippen LogP contribution in [0.15, 0.2) is 18.2 Å². The molecule has 1 atom stereocenters. The van der Waals surface area contributed by atoms with Gasteiger partial charge in [-0.1, -0.05) is 32.9 Å². The van der Waals surface area contributed by atoms with E-state index in [1.165, 1.54) is 13.2 Å². The average Bonchev–Trinajstić information content (AvgIpc) is 2.64. The third kappa shape index (κ3) is 3.05. The Balaban J connectivity index is 2.26. The van der Waals surface area contributed by atoms with E-state index in [4.69, 9.17) is 4.74 Å². The van der Waals surface area contributed by atoms with Crippen LogP contribution in [0.4, 0.5) is 0 Å². The Bertz CT molecular complexity index is 972. The molecule has 0 radical (unpaired) electrons. The van der Waals surface area contributed by atoms with Crippen LogP contribution >= 0.6 is 0 Å². The van der Waals surface area contributed by atoms with E-state index in [0.29, 0.717) is 29.4 Å². The Morgan fingerprint density at radius 2 is 1.93 bits per heavy atom. The molecule has 0 spiro atoms. The third-order valence-corrected chi connectivity index (χ3v) is 5.72. The zero-order chi connectivity index (χ0) is 20.8. The Kier molecular flexibility index (Phi) is 4.96. The van der Waals surface area contributed by atoms with E-state index in [-0.39, 0.29) is 45.3 Å². The van der Waals surface area contributed by atoms with Crippen LogP contribution < -0.4 is 4.74 Å². The van der Waals surface area contributed by atoms with Crippen molar-refractivity contribution < 1.29 is 24.5 Å². The summed E-state index contributed by atoms with van der Waals surface area (Å²) in [6.07, 6.45) is 2.01. The predicted octanol–water partition coefficient (Wildman–Crippen LogP) is 4.53. The molecule has 1 aliphatic rings. The molecule has 2 N–H and O–H groups in total. The van der Waals surface area contributed by atoms with Gasteiger partial charge in [-0.25, -0.2) is 0 Å². The van der Waals surface area contributed by atoms with Crippen molar-refractivity contribution in [1.29, 1.82) is 0 Å². The van der Waals surface area contributed by atoms with Crippen molar-refractivity contribution in [3.8, 4) is 17.2 Å². The highest BCUT2D eigenvalue weighted by Gasteiger charge is 2.37. The second kappa shape index (κ2) is 6.97. The average molecular weight is 382 g/mol. The van der Waals surface area contributed by atoms with Gasteiger partial charge < -0.3 is 14.9 Å². The summed E-state index contributed by atoms with van der Waals surface area (Å²) in [6.45, 7) is 7.86. The lowest BCUT2D eigenvalue weighted by Crippen LogP contribution is -2.25. The lowest BCUT2D eigenvalue weighted by atomic mass is 9.68. The first-order valence-electron chi connectivity index (χ1n) is 9.37. The van der Waals surface area contributed by atoms with E-state index in [1.54, 1.807) is 19.1 Å².